The molecule has 0 aliphatic carbocycles. The van der Waals surface area contributed by atoms with E-state index in [2.05, 4.69) is 56.9 Å². The first-order valence-corrected chi connectivity index (χ1v) is 7.47. The Morgan fingerprint density at radius 1 is 0.900 bits per heavy atom. The van der Waals surface area contributed by atoms with Crippen molar-refractivity contribution in [2.45, 2.75) is 44.4 Å². The van der Waals surface area contributed by atoms with E-state index in [1.165, 1.54) is 16.7 Å². The summed E-state index contributed by atoms with van der Waals surface area (Å²) >= 11 is 6.64. The summed E-state index contributed by atoms with van der Waals surface area (Å²) in [6.07, 6.45) is 3.64. The highest BCUT2D eigenvalue weighted by atomic mass is 35.5. The maximum absolute atomic E-state index is 6.64. The van der Waals surface area contributed by atoms with Gasteiger partial charge in [0.2, 0.25) is 0 Å². The standard InChI is InChI=1S/C18H22ClN/c1-13(14-9-11-20-12-10-14)17(19)15-5-7-16(8-6-15)18(2,3)4/h5-13,17H,1-4H3. The highest BCUT2D eigenvalue weighted by Crippen LogP contribution is 2.36. The minimum absolute atomic E-state index is 0.0218. The maximum Gasteiger partial charge on any atom is 0.0651 e. The minimum atomic E-state index is -0.0218. The van der Waals surface area contributed by atoms with E-state index in [-0.39, 0.29) is 16.7 Å². The van der Waals surface area contributed by atoms with Crippen LogP contribution >= 0.6 is 11.6 Å². The second kappa shape index (κ2) is 5.97. The highest BCUT2D eigenvalue weighted by Gasteiger charge is 2.19. The molecular formula is C18H22ClN. The third kappa shape index (κ3) is 3.40. The largest absolute Gasteiger partial charge is 0.265 e. The predicted molar refractivity (Wildman–Crippen MR) is 86.4 cm³/mol. The molecule has 0 spiro atoms. The summed E-state index contributed by atoms with van der Waals surface area (Å²) < 4.78 is 0. The Labute approximate surface area is 127 Å². The van der Waals surface area contributed by atoms with E-state index in [4.69, 9.17) is 11.6 Å². The quantitative estimate of drug-likeness (QED) is 0.683. The molecule has 1 aromatic carbocycles. The summed E-state index contributed by atoms with van der Waals surface area (Å²) in [6.45, 7) is 8.82. The lowest BCUT2D eigenvalue weighted by atomic mass is 9.85. The summed E-state index contributed by atoms with van der Waals surface area (Å²) in [7, 11) is 0. The Morgan fingerprint density at radius 2 is 1.45 bits per heavy atom. The molecule has 0 radical (unpaired) electrons. The molecule has 1 aromatic heterocycles. The summed E-state index contributed by atoms with van der Waals surface area (Å²) in [4.78, 5) is 4.06. The van der Waals surface area contributed by atoms with Gasteiger partial charge in [-0.3, -0.25) is 4.98 Å². The molecule has 0 saturated heterocycles. The molecule has 1 nitrogen and oxygen atoms in total. The Hall–Kier alpha value is -1.34. The van der Waals surface area contributed by atoms with Crippen LogP contribution in [0.25, 0.3) is 0 Å². The van der Waals surface area contributed by atoms with Crippen molar-refractivity contribution in [2.75, 3.05) is 0 Å². The van der Waals surface area contributed by atoms with Crippen molar-refractivity contribution in [3.8, 4) is 0 Å². The zero-order chi connectivity index (χ0) is 14.8. The summed E-state index contributed by atoms with van der Waals surface area (Å²) in [5, 5.41) is -0.0218. The van der Waals surface area contributed by atoms with Crippen LogP contribution in [0.3, 0.4) is 0 Å². The van der Waals surface area contributed by atoms with Crippen molar-refractivity contribution in [2.24, 2.45) is 0 Å². The second-order valence-corrected chi connectivity index (χ2v) is 6.81. The first kappa shape index (κ1) is 15.1. The molecular weight excluding hydrogens is 266 g/mol. The Bertz CT molecular complexity index is 540. The Morgan fingerprint density at radius 3 is 1.95 bits per heavy atom. The van der Waals surface area contributed by atoms with Gasteiger partial charge in [0.1, 0.15) is 0 Å². The van der Waals surface area contributed by atoms with Crippen LogP contribution in [-0.4, -0.2) is 4.98 Å². The van der Waals surface area contributed by atoms with E-state index in [1.54, 1.807) is 0 Å². The van der Waals surface area contributed by atoms with Gasteiger partial charge in [-0.2, -0.15) is 0 Å². The molecule has 0 aliphatic heterocycles. The fourth-order valence-corrected chi connectivity index (χ4v) is 2.58. The van der Waals surface area contributed by atoms with E-state index in [0.29, 0.717) is 0 Å². The number of aromatic nitrogens is 1. The summed E-state index contributed by atoms with van der Waals surface area (Å²) in [6, 6.07) is 12.7. The van der Waals surface area contributed by atoms with Crippen LogP contribution in [0.5, 0.6) is 0 Å². The van der Waals surface area contributed by atoms with Gasteiger partial charge in [-0.05, 0) is 34.2 Å². The van der Waals surface area contributed by atoms with Crippen LogP contribution in [0.2, 0.25) is 0 Å². The van der Waals surface area contributed by atoms with Crippen LogP contribution in [0.4, 0.5) is 0 Å². The number of benzene rings is 1. The van der Waals surface area contributed by atoms with Crippen LogP contribution in [0.15, 0.2) is 48.8 Å². The normalized spacial score (nSPS) is 14.8. The Balaban J connectivity index is 2.19. The molecule has 20 heavy (non-hydrogen) atoms. The zero-order valence-corrected chi connectivity index (χ0v) is 13.4. The van der Waals surface area contributed by atoms with Crippen molar-refractivity contribution < 1.29 is 0 Å². The lowest BCUT2D eigenvalue weighted by molar-refractivity contribution is 0.589. The number of hydrogen-bond acceptors (Lipinski definition) is 1. The van der Waals surface area contributed by atoms with E-state index in [1.807, 2.05) is 24.5 Å². The number of alkyl halides is 1. The monoisotopic (exact) mass is 287 g/mol. The highest BCUT2D eigenvalue weighted by molar-refractivity contribution is 6.21. The SMILES string of the molecule is CC(c1ccncc1)C(Cl)c1ccc(C(C)(C)C)cc1. The van der Waals surface area contributed by atoms with Gasteiger partial charge >= 0.3 is 0 Å². The molecule has 0 amide bonds. The van der Waals surface area contributed by atoms with Gasteiger partial charge in [0.05, 0.1) is 5.38 Å². The molecule has 0 fully saturated rings. The molecule has 0 bridgehead atoms. The minimum Gasteiger partial charge on any atom is -0.265 e. The van der Waals surface area contributed by atoms with Crippen molar-refractivity contribution in [3.05, 3.63) is 65.5 Å². The first-order chi connectivity index (χ1) is 9.39. The molecule has 2 unspecified atom stereocenters. The van der Waals surface area contributed by atoms with E-state index in [0.717, 1.165) is 0 Å². The maximum atomic E-state index is 6.64. The average Bonchev–Trinajstić information content (AvgIpc) is 2.46. The predicted octanol–water partition coefficient (Wildman–Crippen LogP) is 5.46. The Kier molecular flexibility index (Phi) is 4.49. The van der Waals surface area contributed by atoms with Crippen LogP contribution in [0.1, 0.15) is 55.7 Å². The van der Waals surface area contributed by atoms with Crippen molar-refractivity contribution in [1.29, 1.82) is 0 Å². The number of nitrogens with zero attached hydrogens (tertiary/aromatic N) is 1. The first-order valence-electron chi connectivity index (χ1n) is 7.04. The van der Waals surface area contributed by atoms with Gasteiger partial charge in [0, 0.05) is 18.3 Å². The molecule has 0 N–H and O–H groups in total. The number of hydrogen-bond donors (Lipinski definition) is 0. The van der Waals surface area contributed by atoms with Crippen LogP contribution in [0, 0.1) is 0 Å². The zero-order valence-electron chi connectivity index (χ0n) is 12.6. The lowest BCUT2D eigenvalue weighted by Crippen LogP contribution is -2.11. The van der Waals surface area contributed by atoms with E-state index < -0.39 is 0 Å². The van der Waals surface area contributed by atoms with Crippen molar-refractivity contribution >= 4 is 11.6 Å². The van der Waals surface area contributed by atoms with Gasteiger partial charge in [0.15, 0.2) is 0 Å². The van der Waals surface area contributed by atoms with Gasteiger partial charge < -0.3 is 0 Å². The lowest BCUT2D eigenvalue weighted by Gasteiger charge is -2.22. The van der Waals surface area contributed by atoms with E-state index in [9.17, 15) is 0 Å². The van der Waals surface area contributed by atoms with Gasteiger partial charge in [-0.25, -0.2) is 0 Å². The smallest absolute Gasteiger partial charge is 0.0651 e. The van der Waals surface area contributed by atoms with E-state index >= 15 is 0 Å². The van der Waals surface area contributed by atoms with Gasteiger partial charge in [0.25, 0.3) is 0 Å². The number of rotatable bonds is 3. The molecule has 0 saturated carbocycles. The molecule has 2 atom stereocenters. The molecule has 106 valence electrons. The molecule has 2 rings (SSSR count). The van der Waals surface area contributed by atoms with Gasteiger partial charge in [-0.15, -0.1) is 11.6 Å². The third-order valence-corrected chi connectivity index (χ3v) is 4.40. The molecule has 2 heteroatoms. The van der Waals surface area contributed by atoms with Crippen molar-refractivity contribution in [1.82, 2.24) is 4.98 Å². The topological polar surface area (TPSA) is 12.9 Å². The fourth-order valence-electron chi connectivity index (χ4n) is 2.29. The van der Waals surface area contributed by atoms with Crippen LogP contribution < -0.4 is 0 Å². The molecule has 2 aromatic rings. The summed E-state index contributed by atoms with van der Waals surface area (Å²) in [5.41, 5.74) is 3.91. The number of halogens is 1. The van der Waals surface area contributed by atoms with Gasteiger partial charge in [-0.1, -0.05) is 52.0 Å². The van der Waals surface area contributed by atoms with Crippen LogP contribution in [-0.2, 0) is 5.41 Å². The number of pyridine rings is 1. The average molecular weight is 288 g/mol. The second-order valence-electron chi connectivity index (χ2n) is 6.34. The molecule has 0 aliphatic rings. The molecule has 1 heterocycles. The van der Waals surface area contributed by atoms with Crippen molar-refractivity contribution in [3.63, 3.8) is 0 Å². The summed E-state index contributed by atoms with van der Waals surface area (Å²) in [5.74, 6) is 0.264. The third-order valence-electron chi connectivity index (χ3n) is 3.77. The fraction of sp³-hybridized carbons (Fsp3) is 0.389.